The van der Waals surface area contributed by atoms with Gasteiger partial charge in [0, 0.05) is 23.1 Å². The van der Waals surface area contributed by atoms with Gasteiger partial charge in [-0.05, 0) is 34.5 Å². The molecule has 3 aromatic carbocycles. The quantitative estimate of drug-likeness (QED) is 0.532. The molecule has 0 radical (unpaired) electrons. The zero-order valence-electron chi connectivity index (χ0n) is 12.6. The second kappa shape index (κ2) is 5.86. The predicted molar refractivity (Wildman–Crippen MR) is 98.7 cm³/mol. The highest BCUT2D eigenvalue weighted by molar-refractivity contribution is 7.10. The van der Waals surface area contributed by atoms with Gasteiger partial charge >= 0.3 is 0 Å². The van der Waals surface area contributed by atoms with Crippen LogP contribution in [0.1, 0.15) is 10.6 Å². The molecule has 112 valence electrons. The van der Waals surface area contributed by atoms with Gasteiger partial charge in [-0.25, -0.2) is 4.98 Å². The Morgan fingerprint density at radius 1 is 0.870 bits per heavy atom. The van der Waals surface area contributed by atoms with Gasteiger partial charge < -0.3 is 5.73 Å². The molecule has 0 aliphatic heterocycles. The van der Waals surface area contributed by atoms with Crippen molar-refractivity contribution in [3.63, 3.8) is 0 Å². The maximum atomic E-state index is 5.73. The number of nitrogens with zero attached hydrogens (tertiary/aromatic N) is 1. The monoisotopic (exact) mass is 316 g/mol. The van der Waals surface area contributed by atoms with E-state index in [1.54, 1.807) is 11.3 Å². The van der Waals surface area contributed by atoms with Gasteiger partial charge in [-0.2, -0.15) is 0 Å². The lowest BCUT2D eigenvalue weighted by Gasteiger charge is -2.01. The molecule has 0 amide bonds. The molecule has 0 fully saturated rings. The summed E-state index contributed by atoms with van der Waals surface area (Å²) in [5, 5.41) is 5.76. The normalized spacial score (nSPS) is 11.0. The first-order valence-electron chi connectivity index (χ1n) is 7.56. The molecular formula is C20H16N2S. The lowest BCUT2D eigenvalue weighted by Crippen LogP contribution is -1.89. The van der Waals surface area contributed by atoms with Gasteiger partial charge in [0.05, 0.1) is 10.7 Å². The van der Waals surface area contributed by atoms with E-state index in [9.17, 15) is 0 Å². The van der Waals surface area contributed by atoms with E-state index in [0.29, 0.717) is 0 Å². The van der Waals surface area contributed by atoms with Crippen LogP contribution in [0, 0.1) is 0 Å². The van der Waals surface area contributed by atoms with E-state index < -0.39 is 0 Å². The van der Waals surface area contributed by atoms with E-state index in [4.69, 9.17) is 10.7 Å². The number of benzene rings is 3. The first kappa shape index (κ1) is 14.0. The van der Waals surface area contributed by atoms with Crippen molar-refractivity contribution in [3.8, 4) is 11.3 Å². The molecule has 0 unspecified atom stereocenters. The van der Waals surface area contributed by atoms with Crippen molar-refractivity contribution in [1.29, 1.82) is 0 Å². The molecule has 4 aromatic rings. The molecule has 23 heavy (non-hydrogen) atoms. The van der Waals surface area contributed by atoms with Crippen LogP contribution in [-0.4, -0.2) is 4.98 Å². The summed E-state index contributed by atoms with van der Waals surface area (Å²) in [4.78, 5) is 4.79. The minimum atomic E-state index is 0.796. The van der Waals surface area contributed by atoms with Gasteiger partial charge in [0.15, 0.2) is 0 Å². The van der Waals surface area contributed by atoms with Gasteiger partial charge in [0.1, 0.15) is 0 Å². The molecule has 0 saturated carbocycles. The topological polar surface area (TPSA) is 38.9 Å². The van der Waals surface area contributed by atoms with E-state index in [1.807, 2.05) is 12.1 Å². The molecule has 0 atom stereocenters. The van der Waals surface area contributed by atoms with Gasteiger partial charge in [-0.15, -0.1) is 11.3 Å². The standard InChI is InChI=1S/C20H16N2S/c21-18-9-5-14(6-10-18)11-20-22-19(13-23-20)17-8-7-15-3-1-2-4-16(15)12-17/h1-10,12-13H,11,21H2. The Balaban J connectivity index is 1.62. The van der Waals surface area contributed by atoms with Crippen LogP contribution in [0.2, 0.25) is 0 Å². The Labute approximate surface area is 139 Å². The molecule has 3 heteroatoms. The summed E-state index contributed by atoms with van der Waals surface area (Å²) in [5.41, 5.74) is 9.98. The van der Waals surface area contributed by atoms with E-state index in [-0.39, 0.29) is 0 Å². The molecule has 0 spiro atoms. The molecule has 0 aliphatic carbocycles. The first-order chi connectivity index (χ1) is 11.3. The maximum Gasteiger partial charge on any atom is 0.0976 e. The molecule has 2 nitrogen and oxygen atoms in total. The Morgan fingerprint density at radius 2 is 1.65 bits per heavy atom. The minimum absolute atomic E-state index is 0.796. The highest BCUT2D eigenvalue weighted by atomic mass is 32.1. The summed E-state index contributed by atoms with van der Waals surface area (Å²) >= 11 is 1.71. The highest BCUT2D eigenvalue weighted by Gasteiger charge is 2.06. The van der Waals surface area contributed by atoms with Crippen LogP contribution in [-0.2, 0) is 6.42 Å². The zero-order valence-corrected chi connectivity index (χ0v) is 13.4. The van der Waals surface area contributed by atoms with Crippen LogP contribution in [0.25, 0.3) is 22.0 Å². The third-order valence-corrected chi connectivity index (χ3v) is 4.78. The van der Waals surface area contributed by atoms with Crippen molar-refractivity contribution in [1.82, 2.24) is 4.98 Å². The van der Waals surface area contributed by atoms with Crippen molar-refractivity contribution >= 4 is 27.8 Å². The molecule has 0 bridgehead atoms. The number of thiazole rings is 1. The van der Waals surface area contributed by atoms with Crippen LogP contribution < -0.4 is 5.73 Å². The van der Waals surface area contributed by atoms with Crippen LogP contribution in [0.3, 0.4) is 0 Å². The van der Waals surface area contributed by atoms with E-state index in [1.165, 1.54) is 21.9 Å². The molecule has 1 aromatic heterocycles. The fourth-order valence-electron chi connectivity index (χ4n) is 2.68. The summed E-state index contributed by atoms with van der Waals surface area (Å²) < 4.78 is 0. The Hall–Kier alpha value is -2.65. The van der Waals surface area contributed by atoms with Crippen LogP contribution >= 0.6 is 11.3 Å². The molecule has 4 rings (SSSR count). The van der Waals surface area contributed by atoms with Crippen molar-refractivity contribution < 1.29 is 0 Å². The number of aromatic nitrogens is 1. The second-order valence-electron chi connectivity index (χ2n) is 5.61. The number of nitrogen functional groups attached to an aromatic ring is 1. The van der Waals surface area contributed by atoms with E-state index >= 15 is 0 Å². The molecule has 0 aliphatic rings. The average Bonchev–Trinajstić information content (AvgIpc) is 3.05. The summed E-state index contributed by atoms with van der Waals surface area (Å²) in [7, 11) is 0. The van der Waals surface area contributed by atoms with Gasteiger partial charge in [-0.3, -0.25) is 0 Å². The summed E-state index contributed by atoms with van der Waals surface area (Å²) in [5.74, 6) is 0. The smallest absolute Gasteiger partial charge is 0.0976 e. The van der Waals surface area contributed by atoms with Crippen LogP contribution in [0.4, 0.5) is 5.69 Å². The highest BCUT2D eigenvalue weighted by Crippen LogP contribution is 2.26. The fourth-order valence-corrected chi connectivity index (χ4v) is 3.52. The third-order valence-electron chi connectivity index (χ3n) is 3.93. The lowest BCUT2D eigenvalue weighted by molar-refractivity contribution is 1.14. The largest absolute Gasteiger partial charge is 0.399 e. The molecule has 1 heterocycles. The van der Waals surface area contributed by atoms with Gasteiger partial charge in [0.25, 0.3) is 0 Å². The second-order valence-corrected chi connectivity index (χ2v) is 6.55. The number of nitrogens with two attached hydrogens (primary N) is 1. The Morgan fingerprint density at radius 3 is 2.48 bits per heavy atom. The number of anilines is 1. The van der Waals surface area contributed by atoms with Crippen molar-refractivity contribution in [2.45, 2.75) is 6.42 Å². The maximum absolute atomic E-state index is 5.73. The molecular weight excluding hydrogens is 300 g/mol. The van der Waals surface area contributed by atoms with Crippen LogP contribution in [0.15, 0.2) is 72.1 Å². The Kier molecular flexibility index (Phi) is 3.56. The number of hydrogen-bond donors (Lipinski definition) is 1. The lowest BCUT2D eigenvalue weighted by atomic mass is 10.1. The number of hydrogen-bond acceptors (Lipinski definition) is 3. The molecule has 2 N–H and O–H groups in total. The van der Waals surface area contributed by atoms with Gasteiger partial charge in [-0.1, -0.05) is 48.5 Å². The Bertz CT molecular complexity index is 955. The van der Waals surface area contributed by atoms with Crippen LogP contribution in [0.5, 0.6) is 0 Å². The first-order valence-corrected chi connectivity index (χ1v) is 8.44. The summed E-state index contributed by atoms with van der Waals surface area (Å²) in [6, 6.07) is 22.9. The SMILES string of the molecule is Nc1ccc(Cc2nc(-c3ccc4ccccc4c3)cs2)cc1. The van der Waals surface area contributed by atoms with E-state index in [0.717, 1.165) is 22.8 Å². The average molecular weight is 316 g/mol. The third kappa shape index (κ3) is 2.96. The number of rotatable bonds is 3. The predicted octanol–water partition coefficient (Wildman–Crippen LogP) is 5.14. The fraction of sp³-hybridized carbons (Fsp3) is 0.0500. The molecule has 0 saturated heterocycles. The summed E-state index contributed by atoms with van der Waals surface area (Å²) in [6.45, 7) is 0. The van der Waals surface area contributed by atoms with Crippen molar-refractivity contribution in [2.24, 2.45) is 0 Å². The minimum Gasteiger partial charge on any atom is -0.399 e. The van der Waals surface area contributed by atoms with Crippen molar-refractivity contribution in [3.05, 3.63) is 82.7 Å². The van der Waals surface area contributed by atoms with E-state index in [2.05, 4.69) is 60.0 Å². The zero-order chi connectivity index (χ0) is 15.6. The van der Waals surface area contributed by atoms with Crippen molar-refractivity contribution in [2.75, 3.05) is 5.73 Å². The number of fused-ring (bicyclic) bond motifs is 1. The van der Waals surface area contributed by atoms with Gasteiger partial charge in [0.2, 0.25) is 0 Å². The summed E-state index contributed by atoms with van der Waals surface area (Å²) in [6.07, 6.45) is 0.846.